The fourth-order valence-electron chi connectivity index (χ4n) is 2.18. The first-order chi connectivity index (χ1) is 9.61. The summed E-state index contributed by atoms with van der Waals surface area (Å²) in [6, 6.07) is 3.83. The molecule has 0 bridgehead atoms. The van der Waals surface area contributed by atoms with Gasteiger partial charge in [-0.05, 0) is 31.0 Å². The summed E-state index contributed by atoms with van der Waals surface area (Å²) in [5, 5.41) is 18.2. The molecule has 2 rings (SSSR count). The predicted molar refractivity (Wildman–Crippen MR) is 71.5 cm³/mol. The summed E-state index contributed by atoms with van der Waals surface area (Å²) in [6.45, 7) is 0.577. The van der Waals surface area contributed by atoms with Crippen LogP contribution in [0, 0.1) is 17.7 Å². The molecule has 1 aromatic carbocycles. The van der Waals surface area contributed by atoms with Crippen LogP contribution in [0.4, 0.5) is 4.39 Å². The number of carbonyl (C=O) groups is 1. The van der Waals surface area contributed by atoms with E-state index in [0.717, 1.165) is 6.07 Å². The first-order valence-corrected chi connectivity index (χ1v) is 6.48. The third-order valence-corrected chi connectivity index (χ3v) is 3.27. The molecule has 1 aromatic rings. The number of aliphatic hydroxyl groups is 2. The molecule has 0 unspecified atom stereocenters. The third kappa shape index (κ3) is 3.35. The summed E-state index contributed by atoms with van der Waals surface area (Å²) >= 11 is 0. The zero-order valence-electron chi connectivity index (χ0n) is 11.0. The molecule has 1 fully saturated rings. The van der Waals surface area contributed by atoms with Gasteiger partial charge in [0.15, 0.2) is 0 Å². The van der Waals surface area contributed by atoms with E-state index in [0.29, 0.717) is 31.5 Å². The van der Waals surface area contributed by atoms with Gasteiger partial charge >= 0.3 is 0 Å². The van der Waals surface area contributed by atoms with Crippen LogP contribution in [-0.4, -0.2) is 46.8 Å². The number of hydrogen-bond donors (Lipinski definition) is 2. The Bertz CT molecular complexity index is 554. The van der Waals surface area contributed by atoms with Gasteiger partial charge < -0.3 is 15.1 Å². The number of hydrogen-bond acceptors (Lipinski definition) is 3. The Kier molecular flexibility index (Phi) is 4.72. The van der Waals surface area contributed by atoms with Crippen molar-refractivity contribution >= 4 is 5.91 Å². The fraction of sp³-hybridized carbons (Fsp3) is 0.400. The zero-order chi connectivity index (χ0) is 14.5. The maximum atomic E-state index is 13.4. The molecule has 0 saturated carbocycles. The largest absolute Gasteiger partial charge is 0.393 e. The number of nitrogens with zero attached hydrogens (tertiary/aromatic N) is 1. The number of piperidine rings is 1. The van der Waals surface area contributed by atoms with Gasteiger partial charge in [-0.25, -0.2) is 4.39 Å². The normalized spacial score (nSPS) is 15.7. The van der Waals surface area contributed by atoms with Crippen molar-refractivity contribution < 1.29 is 19.4 Å². The molecule has 0 spiro atoms. The molecular formula is C15H16FNO3. The van der Waals surface area contributed by atoms with Gasteiger partial charge in [0.2, 0.25) is 0 Å². The van der Waals surface area contributed by atoms with Gasteiger partial charge in [-0.2, -0.15) is 0 Å². The number of amides is 1. The predicted octanol–water partition coefficient (Wildman–Crippen LogP) is 0.766. The highest BCUT2D eigenvalue weighted by Gasteiger charge is 2.24. The lowest BCUT2D eigenvalue weighted by Gasteiger charge is -2.29. The standard InChI is InChI=1S/C15H16FNO3/c16-12-4-3-11(2-1-9-18)14(10-12)15(20)17-7-5-13(19)6-8-17/h3-4,10,13,18-19H,5-9H2. The number of likely N-dealkylation sites (tertiary alicyclic amines) is 1. The van der Waals surface area contributed by atoms with E-state index in [2.05, 4.69) is 11.8 Å². The lowest BCUT2D eigenvalue weighted by molar-refractivity contribution is 0.0546. The smallest absolute Gasteiger partial charge is 0.255 e. The van der Waals surface area contributed by atoms with Crippen LogP contribution in [0.5, 0.6) is 0 Å². The number of halogens is 1. The molecule has 0 aromatic heterocycles. The summed E-state index contributed by atoms with van der Waals surface area (Å²) in [5.41, 5.74) is 0.596. The van der Waals surface area contributed by atoms with Crippen LogP contribution in [0.3, 0.4) is 0 Å². The maximum Gasteiger partial charge on any atom is 0.255 e. The molecule has 1 aliphatic rings. The Morgan fingerprint density at radius 3 is 2.75 bits per heavy atom. The molecule has 0 aliphatic carbocycles. The van der Waals surface area contributed by atoms with Gasteiger partial charge in [-0.3, -0.25) is 4.79 Å². The molecule has 1 saturated heterocycles. The van der Waals surface area contributed by atoms with Gasteiger partial charge in [-0.1, -0.05) is 11.8 Å². The van der Waals surface area contributed by atoms with Crippen molar-refractivity contribution in [1.29, 1.82) is 0 Å². The quantitative estimate of drug-likeness (QED) is 0.745. The maximum absolute atomic E-state index is 13.4. The molecule has 20 heavy (non-hydrogen) atoms. The van der Waals surface area contributed by atoms with Gasteiger partial charge in [-0.15, -0.1) is 0 Å². The van der Waals surface area contributed by atoms with Crippen molar-refractivity contribution in [2.45, 2.75) is 18.9 Å². The first kappa shape index (κ1) is 14.5. The minimum Gasteiger partial charge on any atom is -0.393 e. The van der Waals surface area contributed by atoms with Crippen molar-refractivity contribution in [3.63, 3.8) is 0 Å². The topological polar surface area (TPSA) is 60.8 Å². The number of aliphatic hydroxyl groups excluding tert-OH is 2. The van der Waals surface area contributed by atoms with Gasteiger partial charge in [0.1, 0.15) is 12.4 Å². The fourth-order valence-corrected chi connectivity index (χ4v) is 2.18. The van der Waals surface area contributed by atoms with Crippen LogP contribution in [-0.2, 0) is 0 Å². The van der Waals surface area contributed by atoms with Crippen LogP contribution in [0.2, 0.25) is 0 Å². The minimum atomic E-state index is -0.500. The Morgan fingerprint density at radius 2 is 2.10 bits per heavy atom. The van der Waals surface area contributed by atoms with E-state index in [9.17, 15) is 14.3 Å². The van der Waals surface area contributed by atoms with E-state index in [1.54, 1.807) is 4.90 Å². The number of rotatable bonds is 1. The van der Waals surface area contributed by atoms with E-state index in [1.165, 1.54) is 12.1 Å². The average molecular weight is 277 g/mol. The molecule has 5 heteroatoms. The van der Waals surface area contributed by atoms with Crippen LogP contribution < -0.4 is 0 Å². The van der Waals surface area contributed by atoms with Crippen molar-refractivity contribution in [1.82, 2.24) is 4.90 Å². The van der Waals surface area contributed by atoms with Crippen LogP contribution in [0.25, 0.3) is 0 Å². The highest BCUT2D eigenvalue weighted by atomic mass is 19.1. The Hall–Kier alpha value is -1.90. The van der Waals surface area contributed by atoms with Crippen molar-refractivity contribution in [2.75, 3.05) is 19.7 Å². The molecule has 1 aliphatic heterocycles. The van der Waals surface area contributed by atoms with Crippen LogP contribution >= 0.6 is 0 Å². The Morgan fingerprint density at radius 1 is 1.40 bits per heavy atom. The highest BCUT2D eigenvalue weighted by Crippen LogP contribution is 2.17. The molecule has 106 valence electrons. The molecule has 0 atom stereocenters. The molecule has 2 N–H and O–H groups in total. The summed E-state index contributed by atoms with van der Waals surface area (Å²) < 4.78 is 13.4. The zero-order valence-corrected chi connectivity index (χ0v) is 11.0. The lowest BCUT2D eigenvalue weighted by atomic mass is 10.0. The van der Waals surface area contributed by atoms with Gasteiger partial charge in [0.05, 0.1) is 11.7 Å². The van der Waals surface area contributed by atoms with Gasteiger partial charge in [0, 0.05) is 18.7 Å². The van der Waals surface area contributed by atoms with E-state index in [-0.39, 0.29) is 24.2 Å². The SMILES string of the molecule is O=C(c1cc(F)ccc1C#CCO)N1CCC(O)CC1. The second-order valence-electron chi connectivity index (χ2n) is 4.67. The Labute approximate surface area is 116 Å². The number of benzene rings is 1. The summed E-state index contributed by atoms with van der Waals surface area (Å²) in [4.78, 5) is 14.0. The van der Waals surface area contributed by atoms with Crippen LogP contribution in [0.1, 0.15) is 28.8 Å². The first-order valence-electron chi connectivity index (χ1n) is 6.48. The van der Waals surface area contributed by atoms with E-state index >= 15 is 0 Å². The summed E-state index contributed by atoms with van der Waals surface area (Å²) in [7, 11) is 0. The Balaban J connectivity index is 2.26. The van der Waals surface area contributed by atoms with Crippen molar-refractivity contribution in [3.05, 3.63) is 35.1 Å². The molecule has 0 radical (unpaired) electrons. The second kappa shape index (κ2) is 6.51. The molecule has 4 nitrogen and oxygen atoms in total. The van der Waals surface area contributed by atoms with E-state index in [4.69, 9.17) is 5.11 Å². The third-order valence-electron chi connectivity index (χ3n) is 3.27. The highest BCUT2D eigenvalue weighted by molar-refractivity contribution is 5.96. The molecule has 1 amide bonds. The van der Waals surface area contributed by atoms with Crippen molar-refractivity contribution in [3.8, 4) is 11.8 Å². The van der Waals surface area contributed by atoms with Crippen molar-refractivity contribution in [2.24, 2.45) is 0 Å². The molecular weight excluding hydrogens is 261 g/mol. The monoisotopic (exact) mass is 277 g/mol. The number of carbonyl (C=O) groups excluding carboxylic acids is 1. The van der Waals surface area contributed by atoms with Crippen LogP contribution in [0.15, 0.2) is 18.2 Å². The minimum absolute atomic E-state index is 0.197. The summed E-state index contributed by atoms with van der Waals surface area (Å²) in [5.74, 6) is 4.32. The average Bonchev–Trinajstić information content (AvgIpc) is 2.46. The van der Waals surface area contributed by atoms with E-state index < -0.39 is 5.82 Å². The van der Waals surface area contributed by atoms with Gasteiger partial charge in [0.25, 0.3) is 5.91 Å². The van der Waals surface area contributed by atoms with E-state index in [1.807, 2.05) is 0 Å². The lowest BCUT2D eigenvalue weighted by Crippen LogP contribution is -2.40. The summed E-state index contributed by atoms with van der Waals surface area (Å²) in [6.07, 6.45) is 0.678. The second-order valence-corrected chi connectivity index (χ2v) is 4.67. The molecule has 1 heterocycles.